The Kier molecular flexibility index (Phi) is 5.29. The fraction of sp³-hybridized carbons (Fsp3) is 0.125. The Labute approximate surface area is 126 Å². The van der Waals surface area contributed by atoms with E-state index in [4.69, 9.17) is 5.11 Å². The van der Waals surface area contributed by atoms with Crippen LogP contribution in [0.3, 0.4) is 0 Å². The number of amides is 1. The summed E-state index contributed by atoms with van der Waals surface area (Å²) in [5, 5.41) is 13.5. The van der Waals surface area contributed by atoms with E-state index in [0.29, 0.717) is 17.7 Å². The number of nitrogens with one attached hydrogen (secondary N) is 1. The third-order valence-corrected chi connectivity index (χ3v) is 3.74. The molecule has 1 aromatic carbocycles. The summed E-state index contributed by atoms with van der Waals surface area (Å²) in [6.45, 7) is 0.578. The van der Waals surface area contributed by atoms with Crippen LogP contribution >= 0.6 is 11.3 Å². The number of hydrogen-bond donors (Lipinski definition) is 2. The number of aliphatic carboxylic acids is 1. The maximum absolute atomic E-state index is 12.0. The van der Waals surface area contributed by atoms with E-state index in [1.165, 1.54) is 11.0 Å². The summed E-state index contributed by atoms with van der Waals surface area (Å²) in [7, 11) is 0. The summed E-state index contributed by atoms with van der Waals surface area (Å²) in [5.41, 5.74) is 1.21. The van der Waals surface area contributed by atoms with E-state index in [1.54, 1.807) is 35.6 Å². The second-order valence-corrected chi connectivity index (χ2v) is 5.41. The molecule has 108 valence electrons. The van der Waals surface area contributed by atoms with Gasteiger partial charge in [0.05, 0.1) is 0 Å². The molecule has 4 nitrogen and oxygen atoms in total. The van der Waals surface area contributed by atoms with Crippen LogP contribution in [-0.2, 0) is 11.2 Å². The maximum atomic E-state index is 12.0. The summed E-state index contributed by atoms with van der Waals surface area (Å²) < 4.78 is 0. The number of carbonyl (C=O) groups is 2. The molecule has 2 aromatic rings. The smallest absolute Gasteiger partial charge is 0.328 e. The van der Waals surface area contributed by atoms with Crippen molar-refractivity contribution in [1.82, 2.24) is 5.32 Å². The molecule has 0 unspecified atom stereocenters. The molecule has 21 heavy (non-hydrogen) atoms. The number of rotatable bonds is 6. The van der Waals surface area contributed by atoms with E-state index in [1.807, 2.05) is 17.5 Å². The van der Waals surface area contributed by atoms with Gasteiger partial charge in [0.1, 0.15) is 0 Å². The number of carboxylic acid groups (broad SMARTS) is 1. The van der Waals surface area contributed by atoms with E-state index in [0.717, 1.165) is 12.5 Å². The first-order valence-corrected chi connectivity index (χ1v) is 7.35. The largest absolute Gasteiger partial charge is 0.478 e. The minimum absolute atomic E-state index is 0.155. The van der Waals surface area contributed by atoms with Crippen LogP contribution in [0.25, 0.3) is 6.08 Å². The fourth-order valence-corrected chi connectivity index (χ4v) is 2.52. The van der Waals surface area contributed by atoms with Crippen molar-refractivity contribution in [2.75, 3.05) is 6.54 Å². The van der Waals surface area contributed by atoms with Crippen LogP contribution in [0, 0.1) is 0 Å². The Hall–Kier alpha value is -2.40. The van der Waals surface area contributed by atoms with Gasteiger partial charge in [-0.05, 0) is 41.6 Å². The standard InChI is InChI=1S/C16H15NO3S/c18-15(19)7-6-12-3-1-4-13(11-12)16(20)17-9-8-14-5-2-10-21-14/h1-7,10-11H,8-9H2,(H,17,20)(H,18,19). The zero-order chi connectivity index (χ0) is 15.1. The molecular weight excluding hydrogens is 286 g/mol. The van der Waals surface area contributed by atoms with Gasteiger partial charge in [-0.2, -0.15) is 0 Å². The molecular formula is C16H15NO3S. The van der Waals surface area contributed by atoms with Crippen molar-refractivity contribution in [2.45, 2.75) is 6.42 Å². The molecule has 0 atom stereocenters. The quantitative estimate of drug-likeness (QED) is 0.806. The van der Waals surface area contributed by atoms with Crippen LogP contribution in [0.5, 0.6) is 0 Å². The van der Waals surface area contributed by atoms with Crippen molar-refractivity contribution >= 4 is 29.3 Å². The molecule has 2 rings (SSSR count). The molecule has 0 saturated carbocycles. The Morgan fingerprint density at radius 2 is 2.10 bits per heavy atom. The number of carboxylic acids is 1. The van der Waals surface area contributed by atoms with Crippen LogP contribution in [0.15, 0.2) is 47.9 Å². The Morgan fingerprint density at radius 3 is 2.81 bits per heavy atom. The second kappa shape index (κ2) is 7.40. The SMILES string of the molecule is O=C(O)C=Cc1cccc(C(=O)NCCc2cccs2)c1. The van der Waals surface area contributed by atoms with Gasteiger partial charge in [0.15, 0.2) is 0 Å². The van der Waals surface area contributed by atoms with Crippen LogP contribution in [0.4, 0.5) is 0 Å². The van der Waals surface area contributed by atoms with Crippen molar-refractivity contribution in [3.63, 3.8) is 0 Å². The topological polar surface area (TPSA) is 66.4 Å². The summed E-state index contributed by atoms with van der Waals surface area (Å²) >= 11 is 1.67. The lowest BCUT2D eigenvalue weighted by atomic mass is 10.1. The molecule has 1 heterocycles. The van der Waals surface area contributed by atoms with E-state index >= 15 is 0 Å². The maximum Gasteiger partial charge on any atom is 0.328 e. The average molecular weight is 301 g/mol. The molecule has 1 aromatic heterocycles. The predicted molar refractivity (Wildman–Crippen MR) is 83.5 cm³/mol. The van der Waals surface area contributed by atoms with E-state index in [-0.39, 0.29) is 5.91 Å². The van der Waals surface area contributed by atoms with Crippen molar-refractivity contribution in [3.05, 3.63) is 63.9 Å². The van der Waals surface area contributed by atoms with E-state index < -0.39 is 5.97 Å². The second-order valence-electron chi connectivity index (χ2n) is 4.38. The third kappa shape index (κ3) is 4.89. The molecule has 0 spiro atoms. The lowest BCUT2D eigenvalue weighted by molar-refractivity contribution is -0.131. The first-order chi connectivity index (χ1) is 10.1. The zero-order valence-corrected chi connectivity index (χ0v) is 12.1. The highest BCUT2D eigenvalue weighted by Gasteiger charge is 2.05. The first-order valence-electron chi connectivity index (χ1n) is 6.47. The van der Waals surface area contributed by atoms with Crippen LogP contribution in [0.2, 0.25) is 0 Å². The summed E-state index contributed by atoms with van der Waals surface area (Å²) in [6.07, 6.45) is 3.32. The number of benzene rings is 1. The van der Waals surface area contributed by atoms with Gasteiger partial charge in [-0.1, -0.05) is 18.2 Å². The highest BCUT2D eigenvalue weighted by Crippen LogP contribution is 2.09. The Morgan fingerprint density at radius 1 is 1.24 bits per heavy atom. The minimum Gasteiger partial charge on any atom is -0.478 e. The Bertz CT molecular complexity index is 647. The lowest BCUT2D eigenvalue weighted by Crippen LogP contribution is -2.25. The fourth-order valence-electron chi connectivity index (χ4n) is 1.81. The normalized spacial score (nSPS) is 10.7. The molecule has 0 bridgehead atoms. The minimum atomic E-state index is -1.01. The summed E-state index contributed by atoms with van der Waals surface area (Å²) in [6, 6.07) is 10.9. The Balaban J connectivity index is 1.92. The van der Waals surface area contributed by atoms with Crippen LogP contribution in [0.1, 0.15) is 20.8 Å². The number of hydrogen-bond acceptors (Lipinski definition) is 3. The zero-order valence-electron chi connectivity index (χ0n) is 11.3. The van der Waals surface area contributed by atoms with Gasteiger partial charge in [0, 0.05) is 23.1 Å². The molecule has 0 fully saturated rings. The van der Waals surface area contributed by atoms with Crippen molar-refractivity contribution in [3.8, 4) is 0 Å². The van der Waals surface area contributed by atoms with Crippen LogP contribution < -0.4 is 5.32 Å². The van der Waals surface area contributed by atoms with Gasteiger partial charge >= 0.3 is 5.97 Å². The van der Waals surface area contributed by atoms with Gasteiger partial charge in [-0.25, -0.2) is 4.79 Å². The highest BCUT2D eigenvalue weighted by atomic mass is 32.1. The van der Waals surface area contributed by atoms with Crippen molar-refractivity contribution in [2.24, 2.45) is 0 Å². The number of thiophene rings is 1. The van der Waals surface area contributed by atoms with Gasteiger partial charge < -0.3 is 10.4 Å². The van der Waals surface area contributed by atoms with Crippen molar-refractivity contribution in [1.29, 1.82) is 0 Å². The van der Waals surface area contributed by atoms with Gasteiger partial charge in [0.2, 0.25) is 0 Å². The monoisotopic (exact) mass is 301 g/mol. The molecule has 0 aliphatic carbocycles. The lowest BCUT2D eigenvalue weighted by Gasteiger charge is -2.05. The van der Waals surface area contributed by atoms with Gasteiger partial charge in [0.25, 0.3) is 5.91 Å². The van der Waals surface area contributed by atoms with E-state index in [9.17, 15) is 9.59 Å². The summed E-state index contributed by atoms with van der Waals surface area (Å²) in [4.78, 5) is 23.7. The molecule has 0 saturated heterocycles. The molecule has 2 N–H and O–H groups in total. The molecule has 0 aliphatic heterocycles. The van der Waals surface area contributed by atoms with Crippen molar-refractivity contribution < 1.29 is 14.7 Å². The molecule has 1 amide bonds. The molecule has 0 aliphatic rings. The predicted octanol–water partition coefficient (Wildman–Crippen LogP) is 2.82. The van der Waals surface area contributed by atoms with Gasteiger partial charge in [-0.3, -0.25) is 4.79 Å². The number of carbonyl (C=O) groups excluding carboxylic acids is 1. The average Bonchev–Trinajstić information content (AvgIpc) is 2.98. The summed E-state index contributed by atoms with van der Waals surface area (Å²) in [5.74, 6) is -1.17. The van der Waals surface area contributed by atoms with E-state index in [2.05, 4.69) is 5.32 Å². The molecule has 0 radical (unpaired) electrons. The van der Waals surface area contributed by atoms with Gasteiger partial charge in [-0.15, -0.1) is 11.3 Å². The van der Waals surface area contributed by atoms with Crippen LogP contribution in [-0.4, -0.2) is 23.5 Å². The first kappa shape index (κ1) is 15.0. The highest BCUT2D eigenvalue weighted by molar-refractivity contribution is 7.09. The third-order valence-electron chi connectivity index (χ3n) is 2.80. The molecule has 5 heteroatoms.